The molecule has 2 aromatic rings. The van der Waals surface area contributed by atoms with Gasteiger partial charge in [-0.2, -0.15) is 13.2 Å². The number of phenolic OH excluding ortho intramolecular Hbond substituents is 1. The molecule has 0 heterocycles. The molecule has 2 N–H and O–H groups in total. The molecule has 0 aromatic heterocycles. The molecule has 0 aliphatic heterocycles. The van der Waals surface area contributed by atoms with Crippen LogP contribution < -0.4 is 5.32 Å². The monoisotopic (exact) mass is 359 g/mol. The maximum absolute atomic E-state index is 12.4. The average molecular weight is 360 g/mol. The predicted octanol–water partition coefficient (Wildman–Crippen LogP) is 4.43. The fraction of sp³-hybridized carbons (Fsp3) is 0.0714. The Labute approximate surface area is 126 Å². The van der Waals surface area contributed by atoms with Crippen LogP contribution in [0.25, 0.3) is 0 Å². The molecule has 0 bridgehead atoms. The lowest BCUT2D eigenvalue weighted by Crippen LogP contribution is -2.13. The molecule has 2 rings (SSSR count). The minimum atomic E-state index is -4.45. The first-order chi connectivity index (χ1) is 9.77. The van der Waals surface area contributed by atoms with Gasteiger partial charge in [0, 0.05) is 10.0 Å². The van der Waals surface area contributed by atoms with Crippen LogP contribution in [0.5, 0.6) is 5.75 Å². The molecule has 1 amide bonds. The molecule has 0 aliphatic rings. The number of benzene rings is 2. The Morgan fingerprint density at radius 3 is 2.29 bits per heavy atom. The molecule has 0 spiro atoms. The van der Waals surface area contributed by atoms with Crippen LogP contribution in [-0.2, 0) is 6.18 Å². The third-order valence-corrected chi connectivity index (χ3v) is 3.17. The standard InChI is InChI=1S/C14H9BrF3NO2/c15-10-5-6-12(20)11(7-10)19-13(21)8-1-3-9(4-2-8)14(16,17)18/h1-7,20H,(H,19,21). The number of anilines is 1. The van der Waals surface area contributed by atoms with Gasteiger partial charge in [0.25, 0.3) is 5.91 Å². The quantitative estimate of drug-likeness (QED) is 0.779. The van der Waals surface area contributed by atoms with Crippen LogP contribution in [0, 0.1) is 0 Å². The molecule has 0 radical (unpaired) electrons. The average Bonchev–Trinajstić information content (AvgIpc) is 2.42. The summed E-state index contributed by atoms with van der Waals surface area (Å²) in [4.78, 5) is 11.9. The van der Waals surface area contributed by atoms with Gasteiger partial charge in [-0.25, -0.2) is 0 Å². The molecule has 21 heavy (non-hydrogen) atoms. The van der Waals surface area contributed by atoms with E-state index in [1.165, 1.54) is 12.1 Å². The Balaban J connectivity index is 2.19. The number of aromatic hydroxyl groups is 1. The molecule has 3 nitrogen and oxygen atoms in total. The normalized spacial score (nSPS) is 11.2. The summed E-state index contributed by atoms with van der Waals surface area (Å²) in [7, 11) is 0. The summed E-state index contributed by atoms with van der Waals surface area (Å²) in [6.07, 6.45) is -4.45. The van der Waals surface area contributed by atoms with Crippen LogP contribution >= 0.6 is 15.9 Å². The van der Waals surface area contributed by atoms with Gasteiger partial charge in [0.15, 0.2) is 0 Å². The van der Waals surface area contributed by atoms with E-state index < -0.39 is 17.6 Å². The number of hydrogen-bond donors (Lipinski definition) is 2. The van der Waals surface area contributed by atoms with Crippen molar-refractivity contribution in [1.29, 1.82) is 0 Å². The SMILES string of the molecule is O=C(Nc1cc(Br)ccc1O)c1ccc(C(F)(F)F)cc1. The van der Waals surface area contributed by atoms with Crippen molar-refractivity contribution in [2.24, 2.45) is 0 Å². The van der Waals surface area contributed by atoms with Gasteiger partial charge in [0.1, 0.15) is 5.75 Å². The van der Waals surface area contributed by atoms with E-state index in [0.717, 1.165) is 24.3 Å². The fourth-order valence-electron chi connectivity index (χ4n) is 1.61. The maximum atomic E-state index is 12.4. The molecule has 0 aliphatic carbocycles. The summed E-state index contributed by atoms with van der Waals surface area (Å²) in [5, 5.41) is 12.0. The zero-order valence-corrected chi connectivity index (χ0v) is 12.0. The van der Waals surface area contributed by atoms with Crippen LogP contribution in [0.4, 0.5) is 18.9 Å². The van der Waals surface area contributed by atoms with Gasteiger partial charge < -0.3 is 10.4 Å². The van der Waals surface area contributed by atoms with Crippen molar-refractivity contribution in [2.75, 3.05) is 5.32 Å². The first-order valence-corrected chi connectivity index (χ1v) is 6.54. The number of halogens is 4. The topological polar surface area (TPSA) is 49.3 Å². The number of carbonyl (C=O) groups excluding carboxylic acids is 1. The minimum Gasteiger partial charge on any atom is -0.506 e. The van der Waals surface area contributed by atoms with Crippen molar-refractivity contribution < 1.29 is 23.1 Å². The number of amides is 1. The Kier molecular flexibility index (Phi) is 4.22. The summed E-state index contributed by atoms with van der Waals surface area (Å²) in [5.41, 5.74) is -0.610. The van der Waals surface area contributed by atoms with Gasteiger partial charge >= 0.3 is 6.18 Å². The summed E-state index contributed by atoms with van der Waals surface area (Å²) in [6.45, 7) is 0. The third kappa shape index (κ3) is 3.75. The Morgan fingerprint density at radius 2 is 1.71 bits per heavy atom. The summed E-state index contributed by atoms with van der Waals surface area (Å²) in [5.74, 6) is -0.754. The molecule has 110 valence electrons. The highest BCUT2D eigenvalue weighted by Gasteiger charge is 2.30. The lowest BCUT2D eigenvalue weighted by Gasteiger charge is -2.09. The molecule has 0 saturated heterocycles. The lowest BCUT2D eigenvalue weighted by molar-refractivity contribution is -0.137. The molecule has 2 aromatic carbocycles. The largest absolute Gasteiger partial charge is 0.506 e. The van der Waals surface area contributed by atoms with Crippen LogP contribution in [-0.4, -0.2) is 11.0 Å². The lowest BCUT2D eigenvalue weighted by atomic mass is 10.1. The van der Waals surface area contributed by atoms with Crippen molar-refractivity contribution in [3.8, 4) is 5.75 Å². The van der Waals surface area contributed by atoms with Crippen molar-refractivity contribution in [2.45, 2.75) is 6.18 Å². The molecular formula is C14H9BrF3NO2. The molecule has 0 unspecified atom stereocenters. The Morgan fingerprint density at radius 1 is 1.10 bits per heavy atom. The number of rotatable bonds is 2. The number of alkyl halides is 3. The van der Waals surface area contributed by atoms with E-state index in [9.17, 15) is 23.1 Å². The van der Waals surface area contributed by atoms with Gasteiger partial charge in [-0.3, -0.25) is 4.79 Å². The summed E-state index contributed by atoms with van der Waals surface area (Å²) >= 11 is 3.19. The van der Waals surface area contributed by atoms with Gasteiger partial charge in [-0.05, 0) is 42.5 Å². The van der Waals surface area contributed by atoms with Gasteiger partial charge in [0.05, 0.1) is 11.3 Å². The molecule has 0 atom stereocenters. The van der Waals surface area contributed by atoms with Crippen LogP contribution in [0.2, 0.25) is 0 Å². The zero-order chi connectivity index (χ0) is 15.6. The number of nitrogens with one attached hydrogen (secondary N) is 1. The van der Waals surface area contributed by atoms with Gasteiger partial charge in [-0.15, -0.1) is 0 Å². The predicted molar refractivity (Wildman–Crippen MR) is 75.2 cm³/mol. The van der Waals surface area contributed by atoms with E-state index in [1.807, 2.05) is 0 Å². The zero-order valence-electron chi connectivity index (χ0n) is 10.4. The van der Waals surface area contributed by atoms with Crippen LogP contribution in [0.3, 0.4) is 0 Å². The van der Waals surface area contributed by atoms with E-state index in [4.69, 9.17) is 0 Å². The number of carbonyl (C=O) groups is 1. The van der Waals surface area contributed by atoms with E-state index in [-0.39, 0.29) is 17.0 Å². The third-order valence-electron chi connectivity index (χ3n) is 2.68. The highest BCUT2D eigenvalue weighted by atomic mass is 79.9. The van der Waals surface area contributed by atoms with E-state index in [0.29, 0.717) is 4.47 Å². The number of phenols is 1. The van der Waals surface area contributed by atoms with E-state index in [1.54, 1.807) is 6.07 Å². The molecular weight excluding hydrogens is 351 g/mol. The molecule has 7 heteroatoms. The first kappa shape index (κ1) is 15.4. The highest BCUT2D eigenvalue weighted by Crippen LogP contribution is 2.30. The minimum absolute atomic E-state index is 0.0578. The summed E-state index contributed by atoms with van der Waals surface area (Å²) in [6, 6.07) is 8.26. The van der Waals surface area contributed by atoms with Gasteiger partial charge in [0.2, 0.25) is 0 Å². The second kappa shape index (κ2) is 5.77. The highest BCUT2D eigenvalue weighted by molar-refractivity contribution is 9.10. The van der Waals surface area contributed by atoms with Crippen molar-refractivity contribution in [3.05, 3.63) is 58.1 Å². The maximum Gasteiger partial charge on any atom is 0.416 e. The fourth-order valence-corrected chi connectivity index (χ4v) is 1.97. The van der Waals surface area contributed by atoms with E-state index >= 15 is 0 Å². The smallest absolute Gasteiger partial charge is 0.416 e. The second-order valence-electron chi connectivity index (χ2n) is 4.19. The van der Waals surface area contributed by atoms with Crippen LogP contribution in [0.1, 0.15) is 15.9 Å². The molecule has 0 fully saturated rings. The van der Waals surface area contributed by atoms with Crippen molar-refractivity contribution in [3.63, 3.8) is 0 Å². The second-order valence-corrected chi connectivity index (χ2v) is 5.11. The van der Waals surface area contributed by atoms with Crippen molar-refractivity contribution >= 4 is 27.5 Å². The Bertz CT molecular complexity index is 669. The molecule has 0 saturated carbocycles. The van der Waals surface area contributed by atoms with Crippen molar-refractivity contribution in [1.82, 2.24) is 0 Å². The first-order valence-electron chi connectivity index (χ1n) is 5.74. The van der Waals surface area contributed by atoms with E-state index in [2.05, 4.69) is 21.2 Å². The van der Waals surface area contributed by atoms with Gasteiger partial charge in [-0.1, -0.05) is 15.9 Å². The Hall–Kier alpha value is -2.02. The number of hydrogen-bond acceptors (Lipinski definition) is 2. The van der Waals surface area contributed by atoms with Crippen LogP contribution in [0.15, 0.2) is 46.9 Å². The summed E-state index contributed by atoms with van der Waals surface area (Å²) < 4.78 is 37.9.